The smallest absolute Gasteiger partial charge is 0.239 e. The summed E-state index contributed by atoms with van der Waals surface area (Å²) in [6.45, 7) is 4.23. The number of aromatic nitrogens is 1. The molecule has 0 atom stereocenters. The molecular formula is C8H13N3O2. The van der Waals surface area contributed by atoms with Crippen LogP contribution in [0.2, 0.25) is 0 Å². The van der Waals surface area contributed by atoms with Crippen molar-refractivity contribution in [3.63, 3.8) is 0 Å². The molecule has 0 fully saturated rings. The minimum atomic E-state index is -0.123. The van der Waals surface area contributed by atoms with Gasteiger partial charge in [-0.1, -0.05) is 19.0 Å². The third-order valence-corrected chi connectivity index (χ3v) is 1.38. The average molecular weight is 183 g/mol. The van der Waals surface area contributed by atoms with Crippen LogP contribution in [-0.4, -0.2) is 23.7 Å². The molecule has 2 N–H and O–H groups in total. The molecule has 0 spiro atoms. The van der Waals surface area contributed by atoms with Crippen molar-refractivity contribution in [1.82, 2.24) is 10.5 Å². The van der Waals surface area contributed by atoms with Gasteiger partial charge in [0.25, 0.3) is 0 Å². The Bertz CT molecular complexity index is 256. The van der Waals surface area contributed by atoms with E-state index >= 15 is 0 Å². The topological polar surface area (TPSA) is 67.2 Å². The monoisotopic (exact) mass is 183 g/mol. The summed E-state index contributed by atoms with van der Waals surface area (Å²) in [5.41, 5.74) is 0. The second-order valence-electron chi connectivity index (χ2n) is 2.97. The fourth-order valence-corrected chi connectivity index (χ4v) is 0.761. The van der Waals surface area contributed by atoms with Gasteiger partial charge in [-0.05, 0) is 0 Å². The van der Waals surface area contributed by atoms with Gasteiger partial charge in [0.1, 0.15) is 6.26 Å². The molecule has 0 radical (unpaired) electrons. The molecule has 1 rings (SSSR count). The minimum Gasteiger partial charge on any atom is -0.363 e. The molecular weight excluding hydrogens is 170 g/mol. The first-order valence-corrected chi connectivity index (χ1v) is 4.12. The molecule has 72 valence electrons. The molecule has 13 heavy (non-hydrogen) atoms. The van der Waals surface area contributed by atoms with Gasteiger partial charge < -0.3 is 15.2 Å². The van der Waals surface area contributed by atoms with Gasteiger partial charge in [-0.2, -0.15) is 0 Å². The van der Waals surface area contributed by atoms with E-state index in [4.69, 9.17) is 0 Å². The van der Waals surface area contributed by atoms with Crippen molar-refractivity contribution < 1.29 is 9.32 Å². The highest BCUT2D eigenvalue weighted by molar-refractivity contribution is 5.91. The van der Waals surface area contributed by atoms with E-state index in [1.165, 1.54) is 6.26 Å². The van der Waals surface area contributed by atoms with Crippen molar-refractivity contribution >= 4 is 11.7 Å². The van der Waals surface area contributed by atoms with Gasteiger partial charge in [0, 0.05) is 12.1 Å². The molecule has 1 aromatic rings. The van der Waals surface area contributed by atoms with E-state index in [0.717, 1.165) is 0 Å². The van der Waals surface area contributed by atoms with Crippen LogP contribution < -0.4 is 10.6 Å². The van der Waals surface area contributed by atoms with Crippen molar-refractivity contribution in [2.45, 2.75) is 19.9 Å². The zero-order valence-corrected chi connectivity index (χ0v) is 7.70. The van der Waals surface area contributed by atoms with Gasteiger partial charge in [-0.3, -0.25) is 4.79 Å². The number of anilines is 1. The van der Waals surface area contributed by atoms with Crippen LogP contribution in [-0.2, 0) is 4.79 Å². The Balaban J connectivity index is 2.26. The highest BCUT2D eigenvalue weighted by Crippen LogP contribution is 1.99. The number of rotatable bonds is 4. The molecule has 0 bridgehead atoms. The third-order valence-electron chi connectivity index (χ3n) is 1.38. The number of carbonyl (C=O) groups is 1. The summed E-state index contributed by atoms with van der Waals surface area (Å²) in [6, 6.07) is 1.89. The van der Waals surface area contributed by atoms with Gasteiger partial charge in [0.05, 0.1) is 6.54 Å². The molecule has 0 saturated carbocycles. The maximum Gasteiger partial charge on any atom is 0.239 e. The zero-order valence-electron chi connectivity index (χ0n) is 7.70. The van der Waals surface area contributed by atoms with Crippen LogP contribution in [0.5, 0.6) is 0 Å². The predicted octanol–water partition coefficient (Wildman–Crippen LogP) is 0.611. The first-order chi connectivity index (χ1) is 6.18. The van der Waals surface area contributed by atoms with E-state index in [1.807, 2.05) is 13.8 Å². The van der Waals surface area contributed by atoms with Crippen LogP contribution in [0.1, 0.15) is 13.8 Å². The number of nitrogens with zero attached hydrogens (tertiary/aromatic N) is 1. The van der Waals surface area contributed by atoms with E-state index in [9.17, 15) is 4.79 Å². The van der Waals surface area contributed by atoms with Crippen LogP contribution in [0, 0.1) is 0 Å². The molecule has 0 aliphatic heterocycles. The minimum absolute atomic E-state index is 0.123. The highest BCUT2D eigenvalue weighted by atomic mass is 16.5. The first-order valence-electron chi connectivity index (χ1n) is 4.12. The summed E-state index contributed by atoms with van der Waals surface area (Å²) in [5.74, 6) is 0.318. The van der Waals surface area contributed by atoms with E-state index < -0.39 is 0 Å². The predicted molar refractivity (Wildman–Crippen MR) is 48.3 cm³/mol. The maximum atomic E-state index is 11.2. The molecule has 0 aromatic carbocycles. The summed E-state index contributed by atoms with van der Waals surface area (Å²) in [4.78, 5) is 11.2. The van der Waals surface area contributed by atoms with E-state index in [2.05, 4.69) is 20.3 Å². The number of hydrogen-bond donors (Lipinski definition) is 2. The molecule has 1 amide bonds. The molecule has 0 unspecified atom stereocenters. The second-order valence-corrected chi connectivity index (χ2v) is 2.97. The Kier molecular flexibility index (Phi) is 3.45. The maximum absolute atomic E-state index is 11.2. The van der Waals surface area contributed by atoms with Crippen LogP contribution in [0.25, 0.3) is 0 Å². The lowest BCUT2D eigenvalue weighted by atomic mass is 10.4. The van der Waals surface area contributed by atoms with Crippen molar-refractivity contribution in [2.75, 3.05) is 11.9 Å². The van der Waals surface area contributed by atoms with Crippen molar-refractivity contribution in [3.05, 3.63) is 12.3 Å². The molecule has 0 aliphatic rings. The zero-order chi connectivity index (χ0) is 9.68. The average Bonchev–Trinajstić information content (AvgIpc) is 2.53. The van der Waals surface area contributed by atoms with Gasteiger partial charge >= 0.3 is 0 Å². The Morgan fingerprint density at radius 3 is 3.00 bits per heavy atom. The standard InChI is InChI=1S/C8H13N3O2/c1-6(2)9-5-8(12)10-7-3-4-13-11-7/h3-4,6,9H,5H2,1-2H3,(H,10,11,12). The second kappa shape index (κ2) is 4.61. The highest BCUT2D eigenvalue weighted by Gasteiger charge is 2.03. The van der Waals surface area contributed by atoms with E-state index in [-0.39, 0.29) is 12.5 Å². The molecule has 5 heteroatoms. The van der Waals surface area contributed by atoms with Crippen molar-refractivity contribution in [1.29, 1.82) is 0 Å². The van der Waals surface area contributed by atoms with Crippen LogP contribution in [0.4, 0.5) is 5.82 Å². The number of amides is 1. The van der Waals surface area contributed by atoms with Gasteiger partial charge in [-0.25, -0.2) is 0 Å². The summed E-state index contributed by atoms with van der Waals surface area (Å²) in [6.07, 6.45) is 1.41. The molecule has 1 heterocycles. The Morgan fingerprint density at radius 1 is 1.69 bits per heavy atom. The normalized spacial score (nSPS) is 10.4. The third kappa shape index (κ3) is 3.71. The molecule has 5 nitrogen and oxygen atoms in total. The SMILES string of the molecule is CC(C)NCC(=O)Nc1ccon1. The lowest BCUT2D eigenvalue weighted by molar-refractivity contribution is -0.115. The van der Waals surface area contributed by atoms with Gasteiger partial charge in [0.15, 0.2) is 5.82 Å². The first kappa shape index (κ1) is 9.73. The largest absolute Gasteiger partial charge is 0.363 e. The fourth-order valence-electron chi connectivity index (χ4n) is 0.761. The Morgan fingerprint density at radius 2 is 2.46 bits per heavy atom. The molecule has 0 saturated heterocycles. The van der Waals surface area contributed by atoms with Gasteiger partial charge in [0.2, 0.25) is 5.91 Å². The number of hydrogen-bond acceptors (Lipinski definition) is 4. The Hall–Kier alpha value is -1.36. The summed E-state index contributed by atoms with van der Waals surface area (Å²) >= 11 is 0. The van der Waals surface area contributed by atoms with E-state index in [1.54, 1.807) is 6.07 Å². The quantitative estimate of drug-likeness (QED) is 0.717. The summed E-state index contributed by atoms with van der Waals surface area (Å²) in [5, 5.41) is 9.11. The summed E-state index contributed by atoms with van der Waals surface area (Å²) < 4.78 is 4.56. The molecule has 0 aliphatic carbocycles. The summed E-state index contributed by atoms with van der Waals surface area (Å²) in [7, 11) is 0. The Labute approximate surface area is 76.5 Å². The lowest BCUT2D eigenvalue weighted by Gasteiger charge is -2.06. The fraction of sp³-hybridized carbons (Fsp3) is 0.500. The lowest BCUT2D eigenvalue weighted by Crippen LogP contribution is -2.32. The number of carbonyl (C=O) groups excluding carboxylic acids is 1. The molecule has 1 aromatic heterocycles. The van der Waals surface area contributed by atoms with Crippen LogP contribution in [0.15, 0.2) is 16.9 Å². The van der Waals surface area contributed by atoms with E-state index in [0.29, 0.717) is 11.9 Å². The van der Waals surface area contributed by atoms with Gasteiger partial charge in [-0.15, -0.1) is 0 Å². The van der Waals surface area contributed by atoms with Crippen LogP contribution in [0.3, 0.4) is 0 Å². The van der Waals surface area contributed by atoms with Crippen molar-refractivity contribution in [2.24, 2.45) is 0 Å². The van der Waals surface area contributed by atoms with Crippen LogP contribution >= 0.6 is 0 Å². The number of nitrogens with one attached hydrogen (secondary N) is 2. The van der Waals surface area contributed by atoms with Crippen molar-refractivity contribution in [3.8, 4) is 0 Å².